The Balaban J connectivity index is 1.72. The van der Waals surface area contributed by atoms with Gasteiger partial charge in [0.05, 0.1) is 25.3 Å². The second-order valence-corrected chi connectivity index (χ2v) is 5.82. The van der Waals surface area contributed by atoms with E-state index in [9.17, 15) is 4.79 Å². The molecule has 1 aliphatic rings. The average Bonchev–Trinajstić information content (AvgIpc) is 3.04. The maximum Gasteiger partial charge on any atom is 0.221 e. The molecule has 6 nitrogen and oxygen atoms in total. The van der Waals surface area contributed by atoms with Crippen molar-refractivity contribution >= 4 is 5.91 Å². The summed E-state index contributed by atoms with van der Waals surface area (Å²) in [7, 11) is 3.34. The van der Waals surface area contributed by atoms with E-state index < -0.39 is 0 Å². The highest BCUT2D eigenvalue weighted by molar-refractivity contribution is 5.76. The quantitative estimate of drug-likeness (QED) is 0.910. The number of rotatable bonds is 5. The number of carbonyl (C=O) groups is 1. The minimum atomic E-state index is 0.0442. The second kappa shape index (κ2) is 6.83. The number of nitrogens with zero attached hydrogens (tertiary/aromatic N) is 3. The number of aromatic nitrogens is 2. The average molecular weight is 314 g/mol. The number of hydrogen-bond acceptors (Lipinski definition) is 4. The first kappa shape index (κ1) is 15.6. The molecule has 23 heavy (non-hydrogen) atoms. The van der Waals surface area contributed by atoms with Gasteiger partial charge in [-0.05, 0) is 23.8 Å². The molecule has 0 bridgehead atoms. The third-order valence-electron chi connectivity index (χ3n) is 4.22. The van der Waals surface area contributed by atoms with Gasteiger partial charge in [0.25, 0.3) is 0 Å². The maximum absolute atomic E-state index is 11.8. The summed E-state index contributed by atoms with van der Waals surface area (Å²) in [5, 5.41) is 7.08. The number of nitrogens with one attached hydrogen (secondary N) is 1. The Morgan fingerprint density at radius 1 is 1.35 bits per heavy atom. The number of benzene rings is 1. The maximum atomic E-state index is 11.8. The molecule has 2 heterocycles. The van der Waals surface area contributed by atoms with Gasteiger partial charge < -0.3 is 10.1 Å². The molecule has 1 aromatic heterocycles. The number of amides is 1. The van der Waals surface area contributed by atoms with Crippen LogP contribution < -0.4 is 10.1 Å². The van der Waals surface area contributed by atoms with Crippen LogP contribution in [0.25, 0.3) is 0 Å². The Kier molecular flexibility index (Phi) is 4.62. The molecular weight excluding hydrogens is 292 g/mol. The summed E-state index contributed by atoms with van der Waals surface area (Å²) in [6, 6.07) is 10.2. The molecule has 0 aliphatic carbocycles. The van der Waals surface area contributed by atoms with Crippen molar-refractivity contribution in [2.75, 3.05) is 20.7 Å². The molecule has 1 aromatic carbocycles. The minimum Gasteiger partial charge on any atom is -0.497 e. The fraction of sp³-hybridized carbons (Fsp3) is 0.412. The van der Waals surface area contributed by atoms with Crippen LogP contribution in [0.2, 0.25) is 0 Å². The van der Waals surface area contributed by atoms with Crippen molar-refractivity contribution in [3.63, 3.8) is 0 Å². The molecule has 0 unspecified atom stereocenters. The van der Waals surface area contributed by atoms with Crippen molar-refractivity contribution in [3.8, 4) is 5.75 Å². The largest absolute Gasteiger partial charge is 0.497 e. The fourth-order valence-corrected chi connectivity index (χ4v) is 3.04. The van der Waals surface area contributed by atoms with Crippen LogP contribution in [0.3, 0.4) is 0 Å². The van der Waals surface area contributed by atoms with Crippen LogP contribution in [0.4, 0.5) is 0 Å². The zero-order valence-electron chi connectivity index (χ0n) is 13.5. The lowest BCUT2D eigenvalue weighted by molar-refractivity contribution is -0.121. The number of carbonyl (C=O) groups excluding carboxylic acids is 1. The third-order valence-corrected chi connectivity index (χ3v) is 4.22. The van der Waals surface area contributed by atoms with Crippen molar-refractivity contribution < 1.29 is 9.53 Å². The van der Waals surface area contributed by atoms with Crippen LogP contribution in [0.5, 0.6) is 5.75 Å². The van der Waals surface area contributed by atoms with Gasteiger partial charge in [-0.25, -0.2) is 0 Å². The van der Waals surface area contributed by atoms with Gasteiger partial charge in [0.2, 0.25) is 5.91 Å². The molecule has 1 aliphatic heterocycles. The molecule has 2 aromatic rings. The third kappa shape index (κ3) is 3.53. The van der Waals surface area contributed by atoms with E-state index >= 15 is 0 Å². The lowest BCUT2D eigenvalue weighted by Crippen LogP contribution is -2.39. The highest BCUT2D eigenvalue weighted by Crippen LogP contribution is 2.24. The van der Waals surface area contributed by atoms with E-state index in [1.54, 1.807) is 14.2 Å². The van der Waals surface area contributed by atoms with E-state index in [0.717, 1.165) is 31.1 Å². The molecule has 1 N–H and O–H groups in total. The topological polar surface area (TPSA) is 59.4 Å². The van der Waals surface area contributed by atoms with Crippen LogP contribution in [0.1, 0.15) is 23.7 Å². The monoisotopic (exact) mass is 314 g/mol. The SMILES string of the molecule is CNC(=O)C[C@H]1CN(Cc2ccc(OC)cc2)Cc2ccnn21. The van der Waals surface area contributed by atoms with Gasteiger partial charge in [-0.3, -0.25) is 14.4 Å². The summed E-state index contributed by atoms with van der Waals surface area (Å²) in [4.78, 5) is 14.1. The summed E-state index contributed by atoms with van der Waals surface area (Å²) in [6.45, 7) is 2.50. The molecule has 0 saturated heterocycles. The molecule has 0 radical (unpaired) electrons. The fourth-order valence-electron chi connectivity index (χ4n) is 3.04. The first-order valence-corrected chi connectivity index (χ1v) is 7.78. The highest BCUT2D eigenvalue weighted by Gasteiger charge is 2.27. The molecular formula is C17H22N4O2. The number of methoxy groups -OCH3 is 1. The first-order valence-electron chi connectivity index (χ1n) is 7.78. The molecule has 6 heteroatoms. The van der Waals surface area contributed by atoms with Crippen molar-refractivity contribution in [1.29, 1.82) is 0 Å². The standard InChI is InChI=1S/C17H22N4O2/c1-18-17(22)9-15-12-20(11-14-7-8-19-21(14)15)10-13-3-5-16(23-2)6-4-13/h3-8,15H,9-12H2,1-2H3,(H,18,22)/t15-/m0/s1. The van der Waals surface area contributed by atoms with Gasteiger partial charge in [-0.2, -0.15) is 5.10 Å². The lowest BCUT2D eigenvalue weighted by Gasteiger charge is -2.33. The number of ether oxygens (including phenoxy) is 1. The highest BCUT2D eigenvalue weighted by atomic mass is 16.5. The van der Waals surface area contributed by atoms with Crippen molar-refractivity contribution in [2.24, 2.45) is 0 Å². The normalized spacial score (nSPS) is 17.6. The van der Waals surface area contributed by atoms with E-state index in [1.165, 1.54) is 5.56 Å². The van der Waals surface area contributed by atoms with Gasteiger partial charge in [0, 0.05) is 32.9 Å². The van der Waals surface area contributed by atoms with Crippen LogP contribution in [0.15, 0.2) is 36.5 Å². The Bertz CT molecular complexity index is 665. The Morgan fingerprint density at radius 3 is 2.83 bits per heavy atom. The lowest BCUT2D eigenvalue weighted by atomic mass is 10.1. The number of fused-ring (bicyclic) bond motifs is 1. The van der Waals surface area contributed by atoms with Crippen LogP contribution in [-0.4, -0.2) is 41.3 Å². The number of hydrogen-bond donors (Lipinski definition) is 1. The van der Waals surface area contributed by atoms with Crippen LogP contribution >= 0.6 is 0 Å². The predicted molar refractivity (Wildman–Crippen MR) is 87.1 cm³/mol. The summed E-state index contributed by atoms with van der Waals surface area (Å²) in [6.07, 6.45) is 2.26. The molecule has 3 rings (SSSR count). The Hall–Kier alpha value is -2.34. The predicted octanol–water partition coefficient (Wildman–Crippen LogP) is 1.58. The summed E-state index contributed by atoms with van der Waals surface area (Å²) in [5.74, 6) is 0.908. The van der Waals surface area contributed by atoms with Crippen LogP contribution in [-0.2, 0) is 17.9 Å². The summed E-state index contributed by atoms with van der Waals surface area (Å²) < 4.78 is 7.18. The van der Waals surface area contributed by atoms with E-state index in [1.807, 2.05) is 29.1 Å². The minimum absolute atomic E-state index is 0.0442. The van der Waals surface area contributed by atoms with Gasteiger partial charge >= 0.3 is 0 Å². The molecule has 0 spiro atoms. The second-order valence-electron chi connectivity index (χ2n) is 5.82. The first-order chi connectivity index (χ1) is 11.2. The van der Waals surface area contributed by atoms with Gasteiger partial charge in [0.15, 0.2) is 0 Å². The molecule has 1 atom stereocenters. The summed E-state index contributed by atoms with van der Waals surface area (Å²) >= 11 is 0. The smallest absolute Gasteiger partial charge is 0.221 e. The van der Waals surface area contributed by atoms with Gasteiger partial charge in [0.1, 0.15) is 5.75 Å². The molecule has 0 fully saturated rings. The van der Waals surface area contributed by atoms with Gasteiger partial charge in [-0.1, -0.05) is 12.1 Å². The molecule has 122 valence electrons. The molecule has 0 saturated carbocycles. The zero-order valence-corrected chi connectivity index (χ0v) is 13.5. The van der Waals surface area contributed by atoms with Crippen molar-refractivity contribution in [1.82, 2.24) is 20.0 Å². The summed E-state index contributed by atoms with van der Waals surface area (Å²) in [5.41, 5.74) is 2.39. The van der Waals surface area contributed by atoms with Crippen molar-refractivity contribution in [2.45, 2.75) is 25.6 Å². The van der Waals surface area contributed by atoms with Crippen LogP contribution in [0, 0.1) is 0 Å². The van der Waals surface area contributed by atoms with Crippen molar-refractivity contribution in [3.05, 3.63) is 47.8 Å². The van der Waals surface area contributed by atoms with E-state index in [0.29, 0.717) is 6.42 Å². The zero-order chi connectivity index (χ0) is 16.2. The Labute approximate surface area is 136 Å². The van der Waals surface area contributed by atoms with E-state index in [-0.39, 0.29) is 11.9 Å². The van der Waals surface area contributed by atoms with E-state index in [2.05, 4.69) is 27.4 Å². The Morgan fingerprint density at radius 2 is 2.13 bits per heavy atom. The van der Waals surface area contributed by atoms with Gasteiger partial charge in [-0.15, -0.1) is 0 Å². The molecule has 1 amide bonds. The van der Waals surface area contributed by atoms with E-state index in [4.69, 9.17) is 4.74 Å².